The zero-order chi connectivity index (χ0) is 12.0. The van der Waals surface area contributed by atoms with Gasteiger partial charge in [0.2, 0.25) is 5.91 Å². The van der Waals surface area contributed by atoms with Gasteiger partial charge in [0.05, 0.1) is 11.5 Å². The zero-order valence-corrected chi connectivity index (χ0v) is 10.7. The van der Waals surface area contributed by atoms with E-state index in [-0.39, 0.29) is 5.91 Å². The molecule has 3 N–H and O–H groups in total. The molecule has 16 heavy (non-hydrogen) atoms. The van der Waals surface area contributed by atoms with Crippen LogP contribution < -0.4 is 11.1 Å². The van der Waals surface area contributed by atoms with Gasteiger partial charge in [-0.2, -0.15) is 0 Å². The number of nitrogens with zero attached hydrogens (tertiary/aromatic N) is 1. The Bertz CT molecular complexity index is 252. The molecule has 1 aliphatic carbocycles. The Kier molecular flexibility index (Phi) is 5.69. The van der Waals surface area contributed by atoms with Crippen molar-refractivity contribution < 1.29 is 4.79 Å². The van der Waals surface area contributed by atoms with Crippen LogP contribution >= 0.6 is 12.2 Å². The normalized spacial score (nSPS) is 17.4. The van der Waals surface area contributed by atoms with E-state index in [0.717, 1.165) is 12.8 Å². The number of rotatable bonds is 5. The first-order valence-electron chi connectivity index (χ1n) is 5.84. The van der Waals surface area contributed by atoms with Gasteiger partial charge >= 0.3 is 0 Å². The van der Waals surface area contributed by atoms with E-state index in [4.69, 9.17) is 18.0 Å². The summed E-state index contributed by atoms with van der Waals surface area (Å²) in [4.78, 5) is 13.9. The third-order valence-corrected chi connectivity index (χ3v) is 2.94. The summed E-state index contributed by atoms with van der Waals surface area (Å²) in [5.74, 6) is 0.0747. The van der Waals surface area contributed by atoms with Crippen LogP contribution in [0.15, 0.2) is 0 Å². The van der Waals surface area contributed by atoms with Gasteiger partial charge in [-0.1, -0.05) is 31.5 Å². The van der Waals surface area contributed by atoms with Crippen LogP contribution in [0.1, 0.15) is 32.1 Å². The van der Waals surface area contributed by atoms with Gasteiger partial charge < -0.3 is 11.1 Å². The monoisotopic (exact) mass is 243 g/mol. The smallest absolute Gasteiger partial charge is 0.234 e. The number of nitrogens with two attached hydrogens (primary N) is 1. The molecular formula is C11H21N3OS. The van der Waals surface area contributed by atoms with E-state index in [1.165, 1.54) is 19.3 Å². The second-order valence-corrected chi connectivity index (χ2v) is 5.07. The maximum absolute atomic E-state index is 11.7. The first kappa shape index (κ1) is 13.4. The van der Waals surface area contributed by atoms with Crippen LogP contribution in [-0.2, 0) is 4.79 Å². The van der Waals surface area contributed by atoms with E-state index in [1.54, 1.807) is 0 Å². The molecule has 1 aliphatic rings. The average molecular weight is 243 g/mol. The van der Waals surface area contributed by atoms with Crippen molar-refractivity contribution in [1.82, 2.24) is 10.2 Å². The highest BCUT2D eigenvalue weighted by Gasteiger charge is 2.16. The molecule has 0 radical (unpaired) electrons. The first-order chi connectivity index (χ1) is 7.58. The minimum Gasteiger partial charge on any atom is -0.392 e. The fourth-order valence-electron chi connectivity index (χ4n) is 2.09. The highest BCUT2D eigenvalue weighted by Crippen LogP contribution is 2.17. The molecule has 4 nitrogen and oxygen atoms in total. The Balaban J connectivity index is 2.21. The molecule has 0 saturated heterocycles. The predicted octanol–water partition coefficient (Wildman–Crippen LogP) is 0.653. The maximum atomic E-state index is 11.7. The lowest BCUT2D eigenvalue weighted by atomic mass is 9.95. The van der Waals surface area contributed by atoms with Gasteiger partial charge in [-0.05, 0) is 19.9 Å². The fraction of sp³-hybridized carbons (Fsp3) is 0.818. The maximum Gasteiger partial charge on any atom is 0.234 e. The number of nitrogens with one attached hydrogen (secondary N) is 1. The lowest BCUT2D eigenvalue weighted by Crippen LogP contribution is -2.43. The second kappa shape index (κ2) is 6.81. The molecule has 0 unspecified atom stereocenters. The molecular weight excluding hydrogens is 222 g/mol. The Labute approximate surface area is 103 Å². The largest absolute Gasteiger partial charge is 0.392 e. The summed E-state index contributed by atoms with van der Waals surface area (Å²) >= 11 is 4.79. The number of carbonyl (C=O) groups excluding carboxylic acids is 1. The van der Waals surface area contributed by atoms with Crippen molar-refractivity contribution >= 4 is 23.1 Å². The average Bonchev–Trinajstić information content (AvgIpc) is 2.17. The van der Waals surface area contributed by atoms with Crippen molar-refractivity contribution in [2.45, 2.75) is 38.1 Å². The third kappa shape index (κ3) is 5.42. The van der Waals surface area contributed by atoms with E-state index in [0.29, 0.717) is 24.1 Å². The summed E-state index contributed by atoms with van der Waals surface area (Å²) in [6.07, 6.45) is 5.99. The summed E-state index contributed by atoms with van der Waals surface area (Å²) in [6.45, 7) is 0.862. The van der Waals surface area contributed by atoms with Crippen LogP contribution in [0.4, 0.5) is 0 Å². The number of amides is 1. The summed E-state index contributed by atoms with van der Waals surface area (Å²) < 4.78 is 0. The summed E-state index contributed by atoms with van der Waals surface area (Å²) in [5.41, 5.74) is 5.41. The molecule has 0 aromatic heterocycles. The standard InChI is InChI=1S/C11H21N3OS/c1-14(7-10(12)16)8-11(15)13-9-5-3-2-4-6-9/h9H,2-8H2,1H3,(H2,12,16)(H,13,15). The van der Waals surface area contributed by atoms with Gasteiger partial charge in [-0.15, -0.1) is 0 Å². The first-order valence-corrected chi connectivity index (χ1v) is 6.25. The van der Waals surface area contributed by atoms with Crippen molar-refractivity contribution in [1.29, 1.82) is 0 Å². The van der Waals surface area contributed by atoms with Crippen molar-refractivity contribution in [2.24, 2.45) is 5.73 Å². The van der Waals surface area contributed by atoms with Gasteiger partial charge in [0.15, 0.2) is 0 Å². The topological polar surface area (TPSA) is 58.4 Å². The van der Waals surface area contributed by atoms with Crippen LogP contribution in [0.25, 0.3) is 0 Å². The molecule has 92 valence electrons. The van der Waals surface area contributed by atoms with Crippen LogP contribution in [0.2, 0.25) is 0 Å². The van der Waals surface area contributed by atoms with E-state index in [1.807, 2.05) is 11.9 Å². The molecule has 0 aromatic carbocycles. The van der Waals surface area contributed by atoms with Crippen molar-refractivity contribution in [3.8, 4) is 0 Å². The molecule has 5 heteroatoms. The van der Waals surface area contributed by atoms with Crippen molar-refractivity contribution in [3.05, 3.63) is 0 Å². The summed E-state index contributed by atoms with van der Waals surface area (Å²) in [6, 6.07) is 0.375. The molecule has 0 aliphatic heterocycles. The second-order valence-electron chi connectivity index (χ2n) is 4.54. The fourth-order valence-corrected chi connectivity index (χ4v) is 2.31. The molecule has 0 spiro atoms. The van der Waals surface area contributed by atoms with Crippen LogP contribution in [0.3, 0.4) is 0 Å². The molecule has 0 bridgehead atoms. The van der Waals surface area contributed by atoms with Gasteiger partial charge in [-0.3, -0.25) is 9.69 Å². The van der Waals surface area contributed by atoms with Crippen LogP contribution in [0, 0.1) is 0 Å². The summed E-state index contributed by atoms with van der Waals surface area (Å²) in [5, 5.41) is 3.06. The minimum atomic E-state index is 0.0747. The number of carbonyl (C=O) groups is 1. The summed E-state index contributed by atoms with van der Waals surface area (Å²) in [7, 11) is 1.85. The predicted molar refractivity (Wildman–Crippen MR) is 69.3 cm³/mol. The van der Waals surface area contributed by atoms with Crippen molar-refractivity contribution in [3.63, 3.8) is 0 Å². The van der Waals surface area contributed by atoms with Crippen LogP contribution in [0.5, 0.6) is 0 Å². The number of thiocarbonyl (C=S) groups is 1. The Hall–Kier alpha value is -0.680. The molecule has 1 rings (SSSR count). The SMILES string of the molecule is CN(CC(=O)NC1CCCCC1)CC(N)=S. The Morgan fingerprint density at radius 1 is 1.38 bits per heavy atom. The highest BCUT2D eigenvalue weighted by atomic mass is 32.1. The zero-order valence-electron chi connectivity index (χ0n) is 9.87. The van der Waals surface area contributed by atoms with E-state index in [2.05, 4.69) is 5.32 Å². The lowest BCUT2D eigenvalue weighted by Gasteiger charge is -2.24. The number of likely N-dealkylation sites (N-methyl/N-ethyl adjacent to an activating group) is 1. The number of hydrogen-bond donors (Lipinski definition) is 2. The third-order valence-electron chi connectivity index (χ3n) is 2.81. The van der Waals surface area contributed by atoms with Gasteiger partial charge in [0.25, 0.3) is 0 Å². The molecule has 0 atom stereocenters. The van der Waals surface area contributed by atoms with E-state index < -0.39 is 0 Å². The quantitative estimate of drug-likeness (QED) is 0.696. The Morgan fingerprint density at radius 2 is 2.00 bits per heavy atom. The van der Waals surface area contributed by atoms with Crippen LogP contribution in [-0.4, -0.2) is 42.0 Å². The lowest BCUT2D eigenvalue weighted by molar-refractivity contribution is -0.122. The minimum absolute atomic E-state index is 0.0747. The van der Waals surface area contributed by atoms with Gasteiger partial charge in [-0.25, -0.2) is 0 Å². The molecule has 0 heterocycles. The molecule has 1 fully saturated rings. The molecule has 1 amide bonds. The number of hydrogen-bond acceptors (Lipinski definition) is 3. The Morgan fingerprint density at radius 3 is 2.56 bits per heavy atom. The van der Waals surface area contributed by atoms with E-state index in [9.17, 15) is 4.79 Å². The van der Waals surface area contributed by atoms with Crippen molar-refractivity contribution in [2.75, 3.05) is 20.1 Å². The molecule has 1 saturated carbocycles. The highest BCUT2D eigenvalue weighted by molar-refractivity contribution is 7.80. The molecule has 0 aromatic rings. The van der Waals surface area contributed by atoms with Gasteiger partial charge in [0.1, 0.15) is 0 Å². The van der Waals surface area contributed by atoms with Gasteiger partial charge in [0, 0.05) is 12.6 Å². The van der Waals surface area contributed by atoms with E-state index >= 15 is 0 Å².